The number of carbonyl (C=O) groups is 1. The summed E-state index contributed by atoms with van der Waals surface area (Å²) in [6.07, 6.45) is 2.40. The van der Waals surface area contributed by atoms with E-state index >= 15 is 0 Å². The Hall–Kier alpha value is -2.37. The average molecular weight is 440 g/mol. The second-order valence-corrected chi connectivity index (χ2v) is 8.59. The first-order chi connectivity index (χ1) is 15.5. The van der Waals surface area contributed by atoms with Gasteiger partial charge < -0.3 is 14.6 Å². The molecule has 0 bridgehead atoms. The topological polar surface area (TPSA) is 59.0 Å². The standard InChI is InChI=1S/C27H37NO4/c1-5-23-24-17-22(29)14-13-20(24)16-25(31-4)26(23)28(6-2)18-21(27(30)32-7-3)15-19-11-9-8-10-12-19/h8-14,17,21,23,25-26,29H,5-7,15-16,18H2,1-4H3/t21?,23-,25?,26+/m1/s1. The largest absolute Gasteiger partial charge is 0.508 e. The van der Waals surface area contributed by atoms with Crippen molar-refractivity contribution in [2.24, 2.45) is 5.92 Å². The Morgan fingerprint density at radius 3 is 2.53 bits per heavy atom. The molecule has 0 aliphatic heterocycles. The molecule has 1 aliphatic rings. The van der Waals surface area contributed by atoms with Crippen molar-refractivity contribution < 1.29 is 19.4 Å². The van der Waals surface area contributed by atoms with Crippen LogP contribution in [0.3, 0.4) is 0 Å². The second kappa shape index (κ2) is 11.5. The SMILES string of the molecule is CCOC(=O)C(Cc1ccccc1)CN(CC)[C@@H]1C(OC)Cc2ccc(O)cc2[C@H]1CC. The van der Waals surface area contributed by atoms with Crippen molar-refractivity contribution in [3.8, 4) is 5.75 Å². The van der Waals surface area contributed by atoms with Crippen LogP contribution in [0, 0.1) is 5.92 Å². The molecule has 0 spiro atoms. The third-order valence-electron chi connectivity index (χ3n) is 6.71. The summed E-state index contributed by atoms with van der Waals surface area (Å²) in [5.41, 5.74) is 3.57. The molecule has 1 aliphatic carbocycles. The molecule has 0 heterocycles. The Morgan fingerprint density at radius 1 is 1.16 bits per heavy atom. The van der Waals surface area contributed by atoms with Gasteiger partial charge in [-0.15, -0.1) is 0 Å². The van der Waals surface area contributed by atoms with E-state index in [-0.39, 0.29) is 30.0 Å². The van der Waals surface area contributed by atoms with Crippen LogP contribution in [-0.4, -0.2) is 54.9 Å². The summed E-state index contributed by atoms with van der Waals surface area (Å²) in [5.74, 6) is 0.118. The highest BCUT2D eigenvalue weighted by atomic mass is 16.5. The van der Waals surface area contributed by atoms with Gasteiger partial charge in [-0.2, -0.15) is 0 Å². The van der Waals surface area contributed by atoms with Gasteiger partial charge in [0.1, 0.15) is 5.75 Å². The predicted molar refractivity (Wildman–Crippen MR) is 127 cm³/mol. The number of hydrogen-bond acceptors (Lipinski definition) is 5. The van der Waals surface area contributed by atoms with Gasteiger partial charge in [-0.25, -0.2) is 0 Å². The van der Waals surface area contributed by atoms with E-state index in [2.05, 4.69) is 30.9 Å². The summed E-state index contributed by atoms with van der Waals surface area (Å²) < 4.78 is 11.5. The normalized spacial score (nSPS) is 21.2. The van der Waals surface area contributed by atoms with Crippen molar-refractivity contribution >= 4 is 5.97 Å². The number of esters is 1. The first-order valence-corrected chi connectivity index (χ1v) is 11.8. The number of fused-ring (bicyclic) bond motifs is 1. The predicted octanol–water partition coefficient (Wildman–Crippen LogP) is 4.57. The Bertz CT molecular complexity index is 869. The number of benzene rings is 2. The van der Waals surface area contributed by atoms with E-state index in [1.54, 1.807) is 13.2 Å². The van der Waals surface area contributed by atoms with Gasteiger partial charge >= 0.3 is 5.97 Å². The number of phenolic OH excluding ortho intramolecular Hbond substituents is 1. The minimum atomic E-state index is -0.252. The lowest BCUT2D eigenvalue weighted by molar-refractivity contribution is -0.149. The molecule has 0 aromatic heterocycles. The number of carbonyl (C=O) groups excluding carboxylic acids is 1. The van der Waals surface area contributed by atoms with Crippen LogP contribution < -0.4 is 0 Å². The maximum absolute atomic E-state index is 12.9. The molecule has 0 saturated carbocycles. The fourth-order valence-electron chi connectivity index (χ4n) is 5.19. The molecule has 2 unspecified atom stereocenters. The molecule has 5 heteroatoms. The minimum absolute atomic E-state index is 0.0245. The Balaban J connectivity index is 1.91. The molecular weight excluding hydrogens is 402 g/mol. The number of ether oxygens (including phenoxy) is 2. The molecule has 174 valence electrons. The van der Waals surface area contributed by atoms with E-state index in [4.69, 9.17) is 9.47 Å². The number of aromatic hydroxyl groups is 1. The molecular formula is C27H37NO4. The molecule has 0 saturated heterocycles. The quantitative estimate of drug-likeness (QED) is 0.550. The van der Waals surface area contributed by atoms with Gasteiger partial charge in [-0.05, 0) is 55.1 Å². The number of rotatable bonds is 10. The first-order valence-electron chi connectivity index (χ1n) is 11.8. The Morgan fingerprint density at radius 2 is 1.91 bits per heavy atom. The smallest absolute Gasteiger partial charge is 0.310 e. The summed E-state index contributed by atoms with van der Waals surface area (Å²) in [4.78, 5) is 15.3. The van der Waals surface area contributed by atoms with Gasteiger partial charge in [0.2, 0.25) is 0 Å². The summed E-state index contributed by atoms with van der Waals surface area (Å²) in [5, 5.41) is 10.1. The molecule has 0 fully saturated rings. The summed E-state index contributed by atoms with van der Waals surface area (Å²) in [6, 6.07) is 15.9. The molecule has 2 aromatic carbocycles. The van der Waals surface area contributed by atoms with E-state index in [9.17, 15) is 9.90 Å². The van der Waals surface area contributed by atoms with Crippen molar-refractivity contribution in [1.29, 1.82) is 0 Å². The molecule has 4 atom stereocenters. The van der Waals surface area contributed by atoms with Gasteiger partial charge in [0.05, 0.1) is 18.6 Å². The molecule has 3 rings (SSSR count). The fraction of sp³-hybridized carbons (Fsp3) is 0.519. The van der Waals surface area contributed by atoms with Crippen molar-refractivity contribution in [2.45, 2.75) is 58.1 Å². The summed E-state index contributed by atoms with van der Waals surface area (Å²) in [6.45, 7) is 7.98. The molecule has 0 amide bonds. The zero-order valence-corrected chi connectivity index (χ0v) is 19.8. The van der Waals surface area contributed by atoms with E-state index in [1.165, 1.54) is 11.1 Å². The van der Waals surface area contributed by atoms with Crippen molar-refractivity contribution in [3.05, 3.63) is 65.2 Å². The van der Waals surface area contributed by atoms with Gasteiger partial charge in [0, 0.05) is 32.0 Å². The van der Waals surface area contributed by atoms with Crippen LogP contribution in [0.2, 0.25) is 0 Å². The van der Waals surface area contributed by atoms with Crippen LogP contribution in [0.1, 0.15) is 49.8 Å². The van der Waals surface area contributed by atoms with Crippen LogP contribution in [0.15, 0.2) is 48.5 Å². The van der Waals surface area contributed by atoms with Crippen molar-refractivity contribution in [3.63, 3.8) is 0 Å². The van der Waals surface area contributed by atoms with Crippen molar-refractivity contribution in [2.75, 3.05) is 26.8 Å². The van der Waals surface area contributed by atoms with Gasteiger partial charge in [0.25, 0.3) is 0 Å². The molecule has 32 heavy (non-hydrogen) atoms. The molecule has 2 aromatic rings. The third kappa shape index (κ3) is 5.51. The minimum Gasteiger partial charge on any atom is -0.508 e. The Kier molecular flexibility index (Phi) is 8.71. The zero-order chi connectivity index (χ0) is 23.1. The maximum atomic E-state index is 12.9. The first kappa shape index (κ1) is 24.3. The van der Waals surface area contributed by atoms with E-state index in [0.29, 0.717) is 25.3 Å². The molecule has 1 N–H and O–H groups in total. The van der Waals surface area contributed by atoms with Crippen molar-refractivity contribution in [1.82, 2.24) is 4.90 Å². The lowest BCUT2D eigenvalue weighted by Gasteiger charge is -2.45. The fourth-order valence-corrected chi connectivity index (χ4v) is 5.19. The Labute approximate surface area is 192 Å². The summed E-state index contributed by atoms with van der Waals surface area (Å²) >= 11 is 0. The number of nitrogens with zero attached hydrogens (tertiary/aromatic N) is 1. The van der Waals surface area contributed by atoms with Crippen LogP contribution in [0.5, 0.6) is 5.75 Å². The van der Waals surface area contributed by atoms with Crippen LogP contribution in [0.25, 0.3) is 0 Å². The van der Waals surface area contributed by atoms with Crippen LogP contribution in [0.4, 0.5) is 0 Å². The number of methoxy groups -OCH3 is 1. The van der Waals surface area contributed by atoms with Gasteiger partial charge in [-0.1, -0.05) is 50.2 Å². The average Bonchev–Trinajstić information content (AvgIpc) is 2.81. The lowest BCUT2D eigenvalue weighted by Crippen LogP contribution is -2.53. The highest BCUT2D eigenvalue weighted by molar-refractivity contribution is 5.73. The summed E-state index contributed by atoms with van der Waals surface area (Å²) in [7, 11) is 1.77. The highest BCUT2D eigenvalue weighted by Crippen LogP contribution is 2.40. The van der Waals surface area contributed by atoms with E-state index in [1.807, 2.05) is 37.3 Å². The van der Waals surface area contributed by atoms with Gasteiger partial charge in [-0.3, -0.25) is 9.69 Å². The number of likely N-dealkylation sites (N-methyl/N-ethyl adjacent to an activating group) is 1. The third-order valence-corrected chi connectivity index (χ3v) is 6.71. The monoisotopic (exact) mass is 439 g/mol. The maximum Gasteiger partial charge on any atom is 0.310 e. The zero-order valence-electron chi connectivity index (χ0n) is 19.8. The van der Waals surface area contributed by atoms with Gasteiger partial charge in [0.15, 0.2) is 0 Å². The second-order valence-electron chi connectivity index (χ2n) is 8.59. The van der Waals surface area contributed by atoms with E-state index in [0.717, 1.165) is 24.9 Å². The number of phenols is 1. The van der Waals surface area contributed by atoms with Crippen LogP contribution >= 0.6 is 0 Å². The van der Waals surface area contributed by atoms with Crippen LogP contribution in [-0.2, 0) is 27.1 Å². The molecule has 5 nitrogen and oxygen atoms in total. The lowest BCUT2D eigenvalue weighted by atomic mass is 9.75. The highest BCUT2D eigenvalue weighted by Gasteiger charge is 2.40. The molecule has 0 radical (unpaired) electrons. The number of hydrogen-bond donors (Lipinski definition) is 1. The van der Waals surface area contributed by atoms with E-state index < -0.39 is 0 Å².